The third-order valence-corrected chi connectivity index (χ3v) is 4.03. The van der Waals surface area contributed by atoms with Gasteiger partial charge >= 0.3 is 0 Å². The molecule has 2 aromatic rings. The van der Waals surface area contributed by atoms with Crippen LogP contribution in [-0.4, -0.2) is 21.1 Å². The number of aromatic nitrogens is 2. The van der Waals surface area contributed by atoms with Gasteiger partial charge in [0.2, 0.25) is 0 Å². The van der Waals surface area contributed by atoms with E-state index in [9.17, 15) is 4.79 Å². The van der Waals surface area contributed by atoms with Gasteiger partial charge in [-0.15, -0.1) is 0 Å². The number of carbonyl (C=O) groups excluding carboxylic acids is 1. The van der Waals surface area contributed by atoms with Crippen molar-refractivity contribution in [1.82, 2.24) is 9.55 Å². The molecule has 0 aliphatic carbocycles. The Morgan fingerprint density at radius 2 is 2.24 bits per heavy atom. The minimum absolute atomic E-state index is 0.102. The standard InChI is InChI=1S/C12H11BrN2OS/c1-15-7-6-14-12(15)17-8-11(16)9-4-2-3-5-10(9)13/h2-7H,8H2,1H3. The van der Waals surface area contributed by atoms with Gasteiger partial charge in [-0.25, -0.2) is 4.98 Å². The van der Waals surface area contributed by atoms with Crippen molar-refractivity contribution in [3.05, 3.63) is 46.7 Å². The SMILES string of the molecule is Cn1ccnc1SCC(=O)c1ccccc1Br. The van der Waals surface area contributed by atoms with E-state index in [4.69, 9.17) is 0 Å². The van der Waals surface area contributed by atoms with E-state index >= 15 is 0 Å². The molecule has 0 N–H and O–H groups in total. The maximum Gasteiger partial charge on any atom is 0.174 e. The van der Waals surface area contributed by atoms with E-state index in [1.54, 1.807) is 6.20 Å². The number of carbonyl (C=O) groups is 1. The molecule has 0 radical (unpaired) electrons. The summed E-state index contributed by atoms with van der Waals surface area (Å²) in [5.74, 6) is 0.499. The second-order valence-corrected chi connectivity index (χ2v) is 5.31. The van der Waals surface area contributed by atoms with Gasteiger partial charge < -0.3 is 4.57 Å². The largest absolute Gasteiger partial charge is 0.329 e. The van der Waals surface area contributed by atoms with Crippen LogP contribution in [0.15, 0.2) is 46.3 Å². The lowest BCUT2D eigenvalue weighted by Gasteiger charge is -2.03. The molecule has 0 atom stereocenters. The molecule has 3 nitrogen and oxygen atoms in total. The smallest absolute Gasteiger partial charge is 0.174 e. The fourth-order valence-corrected chi connectivity index (χ4v) is 2.71. The maximum atomic E-state index is 12.0. The van der Waals surface area contributed by atoms with E-state index in [1.807, 2.05) is 42.1 Å². The third-order valence-electron chi connectivity index (χ3n) is 2.28. The zero-order chi connectivity index (χ0) is 12.3. The molecular weight excluding hydrogens is 300 g/mol. The van der Waals surface area contributed by atoms with Crippen LogP contribution in [0.3, 0.4) is 0 Å². The van der Waals surface area contributed by atoms with Gasteiger partial charge in [-0.2, -0.15) is 0 Å². The Bertz CT molecular complexity index is 539. The van der Waals surface area contributed by atoms with E-state index in [1.165, 1.54) is 11.8 Å². The number of hydrogen-bond donors (Lipinski definition) is 0. The lowest BCUT2D eigenvalue weighted by molar-refractivity contribution is 0.102. The third kappa shape index (κ3) is 2.98. The van der Waals surface area contributed by atoms with Crippen LogP contribution < -0.4 is 0 Å². The Balaban J connectivity index is 2.04. The lowest BCUT2D eigenvalue weighted by Crippen LogP contribution is -2.04. The highest BCUT2D eigenvalue weighted by Crippen LogP contribution is 2.20. The number of ketones is 1. The predicted octanol–water partition coefficient (Wildman–Crippen LogP) is 3.16. The molecule has 0 unspecified atom stereocenters. The van der Waals surface area contributed by atoms with Crippen LogP contribution in [0.4, 0.5) is 0 Å². The Kier molecular flexibility index (Phi) is 4.02. The summed E-state index contributed by atoms with van der Waals surface area (Å²) in [5, 5.41) is 0.852. The molecule has 0 saturated heterocycles. The average molecular weight is 311 g/mol. The number of thioether (sulfide) groups is 1. The second kappa shape index (κ2) is 5.51. The van der Waals surface area contributed by atoms with Crippen molar-refractivity contribution in [1.29, 1.82) is 0 Å². The van der Waals surface area contributed by atoms with Gasteiger partial charge in [0.1, 0.15) is 0 Å². The summed E-state index contributed by atoms with van der Waals surface area (Å²) in [7, 11) is 1.91. The highest BCUT2D eigenvalue weighted by molar-refractivity contribution is 9.10. The van der Waals surface area contributed by atoms with Crippen molar-refractivity contribution >= 4 is 33.5 Å². The van der Waals surface area contributed by atoms with E-state index in [0.717, 1.165) is 9.63 Å². The van der Waals surface area contributed by atoms with Crippen molar-refractivity contribution in [3.8, 4) is 0 Å². The van der Waals surface area contributed by atoms with Crippen LogP contribution in [-0.2, 0) is 7.05 Å². The zero-order valence-electron chi connectivity index (χ0n) is 9.26. The average Bonchev–Trinajstić information content (AvgIpc) is 2.72. The van der Waals surface area contributed by atoms with Crippen LogP contribution in [0.25, 0.3) is 0 Å². The minimum atomic E-state index is 0.102. The normalized spacial score (nSPS) is 10.5. The van der Waals surface area contributed by atoms with Crippen LogP contribution in [0.2, 0.25) is 0 Å². The number of halogens is 1. The molecular formula is C12H11BrN2OS. The summed E-state index contributed by atoms with van der Waals surface area (Å²) in [6, 6.07) is 7.46. The molecule has 0 aliphatic rings. The van der Waals surface area contributed by atoms with Gasteiger partial charge in [0.25, 0.3) is 0 Å². The first-order valence-electron chi connectivity index (χ1n) is 5.06. The predicted molar refractivity (Wildman–Crippen MR) is 72.4 cm³/mol. The lowest BCUT2D eigenvalue weighted by atomic mass is 10.1. The molecule has 17 heavy (non-hydrogen) atoms. The number of Topliss-reactive ketones (excluding diaryl/α,β-unsaturated/α-hetero) is 1. The second-order valence-electron chi connectivity index (χ2n) is 3.51. The van der Waals surface area contributed by atoms with Crippen molar-refractivity contribution in [2.75, 3.05) is 5.75 Å². The van der Waals surface area contributed by atoms with Gasteiger partial charge in [-0.1, -0.05) is 45.9 Å². The van der Waals surface area contributed by atoms with Crippen molar-refractivity contribution < 1.29 is 4.79 Å². The van der Waals surface area contributed by atoms with E-state index in [2.05, 4.69) is 20.9 Å². The number of hydrogen-bond acceptors (Lipinski definition) is 3. The van der Waals surface area contributed by atoms with Crippen LogP contribution in [0.1, 0.15) is 10.4 Å². The molecule has 1 aromatic heterocycles. The Morgan fingerprint density at radius 1 is 1.47 bits per heavy atom. The minimum Gasteiger partial charge on any atom is -0.329 e. The number of benzene rings is 1. The van der Waals surface area contributed by atoms with Gasteiger partial charge in [0.05, 0.1) is 5.75 Å². The Morgan fingerprint density at radius 3 is 2.88 bits per heavy atom. The molecule has 0 aliphatic heterocycles. The molecule has 0 fully saturated rings. The Labute approximate surface area is 112 Å². The summed E-state index contributed by atoms with van der Waals surface area (Å²) in [4.78, 5) is 16.1. The maximum absolute atomic E-state index is 12.0. The number of nitrogens with zero attached hydrogens (tertiary/aromatic N) is 2. The number of aryl methyl sites for hydroxylation is 1. The summed E-state index contributed by atoms with van der Waals surface area (Å²) in [5.41, 5.74) is 0.717. The first-order chi connectivity index (χ1) is 8.18. The molecule has 1 aromatic carbocycles. The van der Waals surface area contributed by atoms with Crippen molar-refractivity contribution in [2.45, 2.75) is 5.16 Å². The number of imidazole rings is 1. The van der Waals surface area contributed by atoms with Gasteiger partial charge in [0.15, 0.2) is 10.9 Å². The summed E-state index contributed by atoms with van der Waals surface area (Å²) in [6.45, 7) is 0. The van der Waals surface area contributed by atoms with Crippen LogP contribution in [0.5, 0.6) is 0 Å². The first-order valence-corrected chi connectivity index (χ1v) is 6.84. The molecule has 88 valence electrons. The van der Waals surface area contributed by atoms with Gasteiger partial charge in [0, 0.05) is 29.5 Å². The quantitative estimate of drug-likeness (QED) is 0.642. The summed E-state index contributed by atoms with van der Waals surface area (Å²) >= 11 is 4.83. The molecule has 5 heteroatoms. The monoisotopic (exact) mass is 310 g/mol. The fourth-order valence-electron chi connectivity index (χ4n) is 1.39. The zero-order valence-corrected chi connectivity index (χ0v) is 11.7. The van der Waals surface area contributed by atoms with Crippen LogP contribution in [0, 0.1) is 0 Å². The molecule has 2 rings (SSSR count). The highest BCUT2D eigenvalue weighted by Gasteiger charge is 2.11. The topological polar surface area (TPSA) is 34.9 Å². The highest BCUT2D eigenvalue weighted by atomic mass is 79.9. The first kappa shape index (κ1) is 12.4. The van der Waals surface area contributed by atoms with E-state index < -0.39 is 0 Å². The summed E-state index contributed by atoms with van der Waals surface area (Å²) in [6.07, 6.45) is 3.59. The van der Waals surface area contributed by atoms with E-state index in [0.29, 0.717) is 11.3 Å². The van der Waals surface area contributed by atoms with Crippen molar-refractivity contribution in [2.24, 2.45) is 7.05 Å². The van der Waals surface area contributed by atoms with Crippen molar-refractivity contribution in [3.63, 3.8) is 0 Å². The molecule has 0 amide bonds. The van der Waals surface area contributed by atoms with E-state index in [-0.39, 0.29) is 5.78 Å². The molecule has 0 saturated carbocycles. The number of rotatable bonds is 4. The van der Waals surface area contributed by atoms with Crippen LogP contribution >= 0.6 is 27.7 Å². The molecule has 1 heterocycles. The Hall–Kier alpha value is -1.07. The summed E-state index contributed by atoms with van der Waals surface area (Å²) < 4.78 is 2.74. The van der Waals surface area contributed by atoms with Gasteiger partial charge in [-0.3, -0.25) is 4.79 Å². The fraction of sp³-hybridized carbons (Fsp3) is 0.167. The molecule has 0 bridgehead atoms. The van der Waals surface area contributed by atoms with Gasteiger partial charge in [-0.05, 0) is 6.07 Å². The molecule has 0 spiro atoms.